The van der Waals surface area contributed by atoms with Crippen LogP contribution in [0, 0.1) is 22.7 Å². The molecule has 14 nitrogen and oxygen atoms in total. The Morgan fingerprint density at radius 3 is 2.27 bits per heavy atom. The molecule has 2 aliphatic carbocycles. The van der Waals surface area contributed by atoms with Gasteiger partial charge >= 0.3 is 0 Å². The van der Waals surface area contributed by atoms with Crippen molar-refractivity contribution in [1.29, 1.82) is 5.26 Å². The number of nitrogens with zero attached hydrogens (tertiary/aromatic N) is 7. The molecule has 1 spiro atoms. The number of hydrogen-bond acceptors (Lipinski definition) is 12. The van der Waals surface area contributed by atoms with Crippen molar-refractivity contribution in [2.75, 3.05) is 37.6 Å². The lowest BCUT2D eigenvalue weighted by Crippen LogP contribution is -2.62. The molecule has 3 saturated heterocycles. The molecule has 5 heterocycles. The number of piperidine rings is 2. The SMILES string of the molecule is N#Cc1ccc(OC2CCC(N3[C@H](O)CC[C@@H](N4[C@H](O)c5ccc(N6CC7(CCN(CC8CCC(n9cnc(C(N)=O)c9)CC8)CC7)C6)cc5[C@H]4O)[C@H]3O)CC2)cc1Cl. The monoisotopic (exact) mass is 828 g/mol. The lowest BCUT2D eigenvalue weighted by molar-refractivity contribution is -0.224. The van der Waals surface area contributed by atoms with E-state index >= 15 is 0 Å². The zero-order valence-electron chi connectivity index (χ0n) is 33.5. The Hall–Kier alpha value is -3.78. The topological polar surface area (TPSA) is 188 Å². The fraction of sp³-hybridized carbons (Fsp3) is 0.614. The van der Waals surface area contributed by atoms with Gasteiger partial charge in [0.1, 0.15) is 42.4 Å². The van der Waals surface area contributed by atoms with Gasteiger partial charge < -0.3 is 45.3 Å². The fourth-order valence-electron chi connectivity index (χ4n) is 11.2. The number of carbonyl (C=O) groups is 1. The van der Waals surface area contributed by atoms with Gasteiger partial charge in [-0.05, 0) is 120 Å². The number of hydrogen-bond donors (Lipinski definition) is 5. The molecule has 2 saturated carbocycles. The van der Waals surface area contributed by atoms with Gasteiger partial charge in [0.25, 0.3) is 5.91 Å². The average Bonchev–Trinajstić information content (AvgIpc) is 3.82. The number of ether oxygens (including phenoxy) is 1. The summed E-state index contributed by atoms with van der Waals surface area (Å²) < 4.78 is 8.25. The van der Waals surface area contributed by atoms with Crippen LogP contribution in [0.25, 0.3) is 0 Å². The molecular formula is C44H57ClN8O6. The minimum absolute atomic E-state index is 0.0528. The van der Waals surface area contributed by atoms with Gasteiger partial charge in [-0.2, -0.15) is 5.26 Å². The second kappa shape index (κ2) is 16.6. The fourth-order valence-corrected chi connectivity index (χ4v) is 11.4. The standard InChI is InChI=1S/C44H57ClN8O6/c45-36-20-33(9-3-28(36)21-46)59-32-10-6-30(7-11-32)52-39(54)14-13-38(43(52)58)53-41(56)34-12-8-31(19-35(34)42(53)57)51-24-44(25-51)15-17-49(18-16-44)22-27-1-4-29(5-2-27)50-23-37(40(47)55)48-26-50/h3,8-9,12,19-20,23,26-27,29-30,32,38-39,41-43,54,56-58H,1-2,4-7,10-11,13-18,22,24-25H2,(H2,47,55)/t27?,29?,30?,32?,38-,39-,41-,42-,43-/m1/s1. The summed E-state index contributed by atoms with van der Waals surface area (Å²) >= 11 is 6.21. The van der Waals surface area contributed by atoms with Gasteiger partial charge in [0.2, 0.25) is 0 Å². The number of primary amides is 1. The van der Waals surface area contributed by atoms with Crippen LogP contribution < -0.4 is 15.4 Å². The number of aliphatic hydroxyl groups is 4. The molecule has 4 aliphatic heterocycles. The second-order valence-corrected chi connectivity index (χ2v) is 18.6. The van der Waals surface area contributed by atoms with Crippen LogP contribution in [0.4, 0.5) is 5.69 Å². The number of nitrogens with two attached hydrogens (primary N) is 1. The first kappa shape index (κ1) is 40.6. The van der Waals surface area contributed by atoms with Crippen LogP contribution in [-0.4, -0.2) is 114 Å². The van der Waals surface area contributed by atoms with Crippen molar-refractivity contribution in [2.24, 2.45) is 17.1 Å². The lowest BCUT2D eigenvalue weighted by Gasteiger charge is -2.55. The van der Waals surface area contributed by atoms with Crippen molar-refractivity contribution in [1.82, 2.24) is 24.3 Å². The number of benzene rings is 2. The second-order valence-electron chi connectivity index (χ2n) is 18.2. The molecule has 5 fully saturated rings. The van der Waals surface area contributed by atoms with Crippen molar-refractivity contribution in [3.8, 4) is 11.8 Å². The van der Waals surface area contributed by atoms with Crippen LogP contribution >= 0.6 is 11.6 Å². The van der Waals surface area contributed by atoms with E-state index in [0.717, 1.165) is 64.1 Å². The highest BCUT2D eigenvalue weighted by Gasteiger charge is 2.50. The molecule has 6 N–H and O–H groups in total. The van der Waals surface area contributed by atoms with E-state index in [0.29, 0.717) is 76.2 Å². The first-order valence-electron chi connectivity index (χ1n) is 21.6. The molecule has 5 atom stereocenters. The van der Waals surface area contributed by atoms with Gasteiger partial charge in [0.15, 0.2) is 0 Å². The number of amides is 1. The number of aliphatic hydroxyl groups excluding tert-OH is 4. The minimum atomic E-state index is -1.08. The summed E-state index contributed by atoms with van der Waals surface area (Å²) in [6.07, 6.45) is 10.0. The molecular weight excluding hydrogens is 772 g/mol. The summed E-state index contributed by atoms with van der Waals surface area (Å²) in [6.45, 7) is 5.33. The van der Waals surface area contributed by atoms with E-state index in [9.17, 15) is 30.5 Å². The zero-order chi connectivity index (χ0) is 41.0. The third-order valence-electron chi connectivity index (χ3n) is 14.7. The van der Waals surface area contributed by atoms with Gasteiger partial charge in [-0.1, -0.05) is 17.7 Å². The van der Waals surface area contributed by atoms with Gasteiger partial charge in [0.05, 0.1) is 29.1 Å². The number of likely N-dealkylation sites (tertiary alicyclic amines) is 2. The summed E-state index contributed by atoms with van der Waals surface area (Å²) in [5, 5.41) is 55.8. The number of anilines is 1. The van der Waals surface area contributed by atoms with Crippen molar-refractivity contribution >= 4 is 23.2 Å². The zero-order valence-corrected chi connectivity index (χ0v) is 34.3. The molecule has 2 aromatic carbocycles. The highest BCUT2D eigenvalue weighted by Crippen LogP contribution is 2.48. The summed E-state index contributed by atoms with van der Waals surface area (Å²) in [5.41, 5.74) is 8.81. The van der Waals surface area contributed by atoms with Crippen molar-refractivity contribution in [2.45, 2.75) is 126 Å². The number of carbonyl (C=O) groups excluding carboxylic acids is 1. The number of halogens is 1. The van der Waals surface area contributed by atoms with Crippen LogP contribution in [0.5, 0.6) is 5.75 Å². The Kier molecular flexibility index (Phi) is 11.4. The lowest BCUT2D eigenvalue weighted by atomic mass is 9.71. The molecule has 316 valence electrons. The van der Waals surface area contributed by atoms with E-state index in [2.05, 4.69) is 31.5 Å². The van der Waals surface area contributed by atoms with Crippen LogP contribution in [-0.2, 0) is 0 Å². The van der Waals surface area contributed by atoms with Gasteiger partial charge in [0, 0.05) is 66.2 Å². The molecule has 59 heavy (non-hydrogen) atoms. The summed E-state index contributed by atoms with van der Waals surface area (Å²) in [7, 11) is 0. The first-order valence-corrected chi connectivity index (χ1v) is 21.9. The van der Waals surface area contributed by atoms with Crippen molar-refractivity contribution in [3.63, 3.8) is 0 Å². The third kappa shape index (κ3) is 7.97. The maximum absolute atomic E-state index is 11.8. The Balaban J connectivity index is 0.757. The maximum Gasteiger partial charge on any atom is 0.268 e. The number of fused-ring (bicyclic) bond motifs is 1. The Morgan fingerprint density at radius 2 is 1.59 bits per heavy atom. The largest absolute Gasteiger partial charge is 0.490 e. The third-order valence-corrected chi connectivity index (χ3v) is 15.0. The van der Waals surface area contributed by atoms with E-state index in [1.807, 2.05) is 12.1 Å². The van der Waals surface area contributed by atoms with Crippen LogP contribution in [0.3, 0.4) is 0 Å². The molecule has 0 unspecified atom stereocenters. The van der Waals surface area contributed by atoms with Crippen molar-refractivity contribution < 1.29 is 30.0 Å². The summed E-state index contributed by atoms with van der Waals surface area (Å²) in [6, 6.07) is 12.8. The molecule has 0 bridgehead atoms. The van der Waals surface area contributed by atoms with E-state index in [1.54, 1.807) is 40.5 Å². The van der Waals surface area contributed by atoms with Crippen molar-refractivity contribution in [3.05, 3.63) is 76.3 Å². The predicted octanol–water partition coefficient (Wildman–Crippen LogP) is 4.63. The van der Waals surface area contributed by atoms with Gasteiger partial charge in [-0.15, -0.1) is 0 Å². The molecule has 6 aliphatic rings. The first-order chi connectivity index (χ1) is 28.5. The number of rotatable bonds is 9. The van der Waals surface area contributed by atoms with E-state index in [4.69, 9.17) is 22.1 Å². The van der Waals surface area contributed by atoms with Crippen LogP contribution in [0.15, 0.2) is 48.9 Å². The van der Waals surface area contributed by atoms with Gasteiger partial charge in [-0.3, -0.25) is 4.79 Å². The highest BCUT2D eigenvalue weighted by atomic mass is 35.5. The van der Waals surface area contributed by atoms with E-state index < -0.39 is 36.9 Å². The summed E-state index contributed by atoms with van der Waals surface area (Å²) in [5.74, 6) is 0.823. The molecule has 1 aromatic heterocycles. The molecule has 15 heteroatoms. The van der Waals surface area contributed by atoms with Gasteiger partial charge in [-0.25, -0.2) is 14.8 Å². The maximum atomic E-state index is 11.8. The number of nitriles is 1. The van der Waals surface area contributed by atoms with Crippen LogP contribution in [0.2, 0.25) is 5.02 Å². The summed E-state index contributed by atoms with van der Waals surface area (Å²) in [4.78, 5) is 24.1. The highest BCUT2D eigenvalue weighted by molar-refractivity contribution is 6.31. The Bertz CT molecular complexity index is 2030. The Labute approximate surface area is 350 Å². The molecule has 1 amide bonds. The normalized spacial score (nSPS) is 32.7. The smallest absolute Gasteiger partial charge is 0.268 e. The van der Waals surface area contributed by atoms with E-state index in [-0.39, 0.29) is 12.1 Å². The molecule has 0 radical (unpaired) electrons. The molecule has 3 aromatic rings. The number of imidazole rings is 1. The minimum Gasteiger partial charge on any atom is -0.490 e. The van der Waals surface area contributed by atoms with E-state index in [1.165, 1.54) is 25.7 Å². The predicted molar refractivity (Wildman–Crippen MR) is 220 cm³/mol. The average molecular weight is 829 g/mol. The Morgan fingerprint density at radius 1 is 0.881 bits per heavy atom. The number of aromatic nitrogens is 2. The quantitative estimate of drug-likeness (QED) is 0.202. The molecule has 9 rings (SSSR count). The van der Waals surface area contributed by atoms with Crippen LogP contribution in [0.1, 0.15) is 123 Å².